The van der Waals surface area contributed by atoms with Crippen LogP contribution in [0.2, 0.25) is 0 Å². The van der Waals surface area contributed by atoms with E-state index in [0.29, 0.717) is 11.5 Å². The lowest BCUT2D eigenvalue weighted by Crippen LogP contribution is -2.47. The predicted octanol–water partition coefficient (Wildman–Crippen LogP) is 0.466. The van der Waals surface area contributed by atoms with E-state index in [1.165, 1.54) is 0 Å². The van der Waals surface area contributed by atoms with E-state index in [2.05, 4.69) is 5.32 Å². The van der Waals surface area contributed by atoms with Crippen LogP contribution in [0.3, 0.4) is 0 Å². The van der Waals surface area contributed by atoms with E-state index in [1.807, 2.05) is 6.92 Å². The van der Waals surface area contributed by atoms with E-state index in [1.54, 1.807) is 4.90 Å². The van der Waals surface area contributed by atoms with Crippen molar-refractivity contribution in [2.45, 2.75) is 25.8 Å². The van der Waals surface area contributed by atoms with E-state index in [0.717, 1.165) is 19.4 Å². The fraction of sp³-hybridized carbons (Fsp3) is 0.750. The van der Waals surface area contributed by atoms with Gasteiger partial charge in [-0.25, -0.2) is 4.79 Å². The Morgan fingerprint density at radius 2 is 2.46 bits per heavy atom. The summed E-state index contributed by atoms with van der Waals surface area (Å²) in [7, 11) is 0. The van der Waals surface area contributed by atoms with Crippen molar-refractivity contribution in [1.29, 1.82) is 0 Å². The average molecular weight is 201 g/mol. The highest BCUT2D eigenvalue weighted by atomic mass is 32.1. The van der Waals surface area contributed by atoms with E-state index in [-0.39, 0.29) is 12.1 Å². The molecular weight excluding hydrogens is 186 g/mol. The van der Waals surface area contributed by atoms with Gasteiger partial charge in [0.15, 0.2) is 0 Å². The lowest BCUT2D eigenvalue weighted by molar-refractivity contribution is 0.203. The zero-order chi connectivity index (χ0) is 9.84. The molecule has 0 saturated carbocycles. The molecule has 4 nitrogen and oxygen atoms in total. The molecule has 1 aliphatic rings. The van der Waals surface area contributed by atoms with Crippen molar-refractivity contribution in [2.24, 2.45) is 5.73 Å². The summed E-state index contributed by atoms with van der Waals surface area (Å²) < 4.78 is 0. The maximum Gasteiger partial charge on any atom is 0.317 e. The first-order valence-electron chi connectivity index (χ1n) is 4.50. The van der Waals surface area contributed by atoms with E-state index in [9.17, 15) is 4.79 Å². The van der Waals surface area contributed by atoms with Crippen LogP contribution >= 0.6 is 12.2 Å². The molecule has 0 bridgehead atoms. The minimum Gasteiger partial charge on any atom is -0.392 e. The second kappa shape index (κ2) is 4.41. The predicted molar refractivity (Wildman–Crippen MR) is 55.6 cm³/mol. The molecule has 1 rings (SSSR count). The lowest BCUT2D eigenvalue weighted by atomic mass is 10.2. The standard InChI is InChI=1S/C8H15N3OS/c1-2-10-8(12)11-5-3-4-6(11)7(9)13/h6H,2-5H2,1H3,(H2,9,13)(H,10,12). The lowest BCUT2D eigenvalue weighted by Gasteiger charge is -2.23. The maximum absolute atomic E-state index is 11.5. The SMILES string of the molecule is CCNC(=O)N1CCCC1C(N)=S. The number of carbonyl (C=O) groups excluding carboxylic acids is 1. The van der Waals surface area contributed by atoms with E-state index in [4.69, 9.17) is 18.0 Å². The third-order valence-corrected chi connectivity index (χ3v) is 2.44. The van der Waals surface area contributed by atoms with Gasteiger partial charge < -0.3 is 16.0 Å². The zero-order valence-corrected chi connectivity index (χ0v) is 8.56. The second-order valence-corrected chi connectivity index (χ2v) is 3.56. The number of thiocarbonyl (C=S) groups is 1. The first kappa shape index (κ1) is 10.2. The molecule has 0 spiro atoms. The van der Waals surface area contributed by atoms with Crippen molar-refractivity contribution in [3.63, 3.8) is 0 Å². The molecule has 13 heavy (non-hydrogen) atoms. The summed E-state index contributed by atoms with van der Waals surface area (Å²) in [6, 6.07) is -0.0978. The fourth-order valence-electron chi connectivity index (χ4n) is 1.56. The van der Waals surface area contributed by atoms with Gasteiger partial charge in [-0.15, -0.1) is 0 Å². The van der Waals surface area contributed by atoms with E-state index < -0.39 is 0 Å². The molecule has 1 fully saturated rings. The van der Waals surface area contributed by atoms with Gasteiger partial charge in [-0.3, -0.25) is 0 Å². The topological polar surface area (TPSA) is 58.4 Å². The number of nitrogens with two attached hydrogens (primary N) is 1. The first-order valence-corrected chi connectivity index (χ1v) is 4.91. The molecule has 0 aliphatic carbocycles. The molecule has 1 saturated heterocycles. The van der Waals surface area contributed by atoms with Gasteiger partial charge in [-0.2, -0.15) is 0 Å². The molecule has 1 aliphatic heterocycles. The Morgan fingerprint density at radius 3 is 3.00 bits per heavy atom. The molecule has 0 aromatic heterocycles. The van der Waals surface area contributed by atoms with Gasteiger partial charge >= 0.3 is 6.03 Å². The smallest absolute Gasteiger partial charge is 0.317 e. The van der Waals surface area contributed by atoms with Crippen molar-refractivity contribution < 1.29 is 4.79 Å². The van der Waals surface area contributed by atoms with Crippen LogP contribution in [0.1, 0.15) is 19.8 Å². The van der Waals surface area contributed by atoms with Crippen molar-refractivity contribution in [2.75, 3.05) is 13.1 Å². The third kappa shape index (κ3) is 2.30. The normalized spacial score (nSPS) is 21.6. The monoisotopic (exact) mass is 201 g/mol. The van der Waals surface area contributed by atoms with Crippen LogP contribution in [-0.4, -0.2) is 35.1 Å². The summed E-state index contributed by atoms with van der Waals surface area (Å²) in [4.78, 5) is 13.6. The molecule has 3 N–H and O–H groups in total. The van der Waals surface area contributed by atoms with Crippen LogP contribution in [0.5, 0.6) is 0 Å². The van der Waals surface area contributed by atoms with Crippen molar-refractivity contribution in [3.05, 3.63) is 0 Å². The zero-order valence-electron chi connectivity index (χ0n) is 7.75. The number of likely N-dealkylation sites (tertiary alicyclic amines) is 1. The molecule has 0 aromatic rings. The van der Waals surface area contributed by atoms with Crippen molar-refractivity contribution in [1.82, 2.24) is 10.2 Å². The number of hydrogen-bond acceptors (Lipinski definition) is 2. The van der Waals surface area contributed by atoms with Gasteiger partial charge in [0, 0.05) is 13.1 Å². The Bertz CT molecular complexity index is 219. The van der Waals surface area contributed by atoms with Crippen molar-refractivity contribution in [3.8, 4) is 0 Å². The minimum absolute atomic E-state index is 0.0402. The Labute approximate surface area is 83.5 Å². The number of urea groups is 1. The van der Waals surface area contributed by atoms with Crippen LogP contribution in [0, 0.1) is 0 Å². The number of hydrogen-bond donors (Lipinski definition) is 2. The van der Waals surface area contributed by atoms with Gasteiger partial charge in [0.1, 0.15) is 0 Å². The van der Waals surface area contributed by atoms with Crippen LogP contribution in [0.15, 0.2) is 0 Å². The van der Waals surface area contributed by atoms with Gasteiger partial charge in [-0.05, 0) is 19.8 Å². The highest BCUT2D eigenvalue weighted by Crippen LogP contribution is 2.17. The summed E-state index contributed by atoms with van der Waals surface area (Å²) in [5, 5.41) is 2.74. The molecule has 1 heterocycles. The summed E-state index contributed by atoms with van der Waals surface area (Å²) in [5.41, 5.74) is 5.53. The Morgan fingerprint density at radius 1 is 1.77 bits per heavy atom. The molecule has 0 radical (unpaired) electrons. The quantitative estimate of drug-likeness (QED) is 0.638. The summed E-state index contributed by atoms with van der Waals surface area (Å²) >= 11 is 4.89. The van der Waals surface area contributed by atoms with Crippen LogP contribution in [-0.2, 0) is 0 Å². The summed E-state index contributed by atoms with van der Waals surface area (Å²) in [5.74, 6) is 0. The molecule has 5 heteroatoms. The largest absolute Gasteiger partial charge is 0.392 e. The van der Waals surface area contributed by atoms with Gasteiger partial charge in [0.05, 0.1) is 11.0 Å². The molecule has 2 amide bonds. The number of rotatable bonds is 2. The van der Waals surface area contributed by atoms with Crippen LogP contribution in [0.4, 0.5) is 4.79 Å². The number of amides is 2. The highest BCUT2D eigenvalue weighted by molar-refractivity contribution is 7.80. The molecule has 1 atom stereocenters. The van der Waals surface area contributed by atoms with Gasteiger partial charge in [0.25, 0.3) is 0 Å². The Balaban J connectivity index is 2.57. The molecular formula is C8H15N3OS. The molecule has 0 aromatic carbocycles. The third-order valence-electron chi connectivity index (χ3n) is 2.17. The van der Waals surface area contributed by atoms with Gasteiger partial charge in [0.2, 0.25) is 0 Å². The van der Waals surface area contributed by atoms with Crippen LogP contribution in [0.25, 0.3) is 0 Å². The van der Waals surface area contributed by atoms with E-state index >= 15 is 0 Å². The Kier molecular flexibility index (Phi) is 3.48. The number of nitrogens with zero attached hydrogens (tertiary/aromatic N) is 1. The highest BCUT2D eigenvalue weighted by Gasteiger charge is 2.29. The first-order chi connectivity index (χ1) is 6.16. The van der Waals surface area contributed by atoms with Gasteiger partial charge in [-0.1, -0.05) is 12.2 Å². The second-order valence-electron chi connectivity index (χ2n) is 3.09. The fourth-order valence-corrected chi connectivity index (χ4v) is 1.80. The number of carbonyl (C=O) groups is 1. The Hall–Kier alpha value is -0.840. The average Bonchev–Trinajstić information content (AvgIpc) is 2.52. The summed E-state index contributed by atoms with van der Waals surface area (Å²) in [6.07, 6.45) is 1.88. The minimum atomic E-state index is -0.0576. The molecule has 74 valence electrons. The maximum atomic E-state index is 11.5. The van der Waals surface area contributed by atoms with Crippen LogP contribution < -0.4 is 11.1 Å². The summed E-state index contributed by atoms with van der Waals surface area (Å²) in [6.45, 7) is 3.29. The van der Waals surface area contributed by atoms with Crippen molar-refractivity contribution >= 4 is 23.2 Å². The number of nitrogens with one attached hydrogen (secondary N) is 1. The molecule has 1 unspecified atom stereocenters.